The Morgan fingerprint density at radius 1 is 0.638 bits per heavy atom. The van der Waals surface area contributed by atoms with Crippen LogP contribution in [0.4, 0.5) is 0 Å². The molecule has 4 aromatic carbocycles. The molecule has 2 aromatic heterocycles. The van der Waals surface area contributed by atoms with Gasteiger partial charge < -0.3 is 36.1 Å². The molecule has 0 spiro atoms. The molecule has 4 atom stereocenters. The molecule has 13 nitrogen and oxygen atoms in total. The van der Waals surface area contributed by atoms with Crippen LogP contribution in [0.5, 0.6) is 5.75 Å². The molecule has 0 fully saturated rings. The molecular weight excluding hydrogens is 737 g/mol. The number of aromatic amines is 1. The Balaban J connectivity index is 1.24. The van der Waals surface area contributed by atoms with Gasteiger partial charge in [-0.2, -0.15) is 0 Å². The molecule has 8 rings (SSSR count). The minimum Gasteiger partial charge on any atom is -0.484 e. The lowest BCUT2D eigenvalue weighted by Crippen LogP contribution is -2.59. The zero-order valence-electron chi connectivity index (χ0n) is 31.4. The topological polar surface area (TPSA) is 192 Å². The van der Waals surface area contributed by atoms with Gasteiger partial charge in [0.25, 0.3) is 5.91 Å². The lowest BCUT2D eigenvalue weighted by Gasteiger charge is -2.26. The summed E-state index contributed by atoms with van der Waals surface area (Å²) in [5.74, 6) is -3.54. The fraction of sp³-hybridized carbons (Fsp3) is 0.200. The second-order valence-corrected chi connectivity index (χ2v) is 14.2. The number of benzene rings is 4. The van der Waals surface area contributed by atoms with E-state index in [-0.39, 0.29) is 25.7 Å². The maximum atomic E-state index is 14.5. The van der Waals surface area contributed by atoms with E-state index in [9.17, 15) is 29.1 Å². The third-order valence-electron chi connectivity index (χ3n) is 10.1. The predicted molar refractivity (Wildman–Crippen MR) is 217 cm³/mol. The Kier molecular flexibility index (Phi) is 12.2. The van der Waals surface area contributed by atoms with Crippen LogP contribution in [0.2, 0.25) is 0 Å². The maximum Gasteiger partial charge on any atom is 0.326 e. The van der Waals surface area contributed by atoms with Crippen LogP contribution in [0.1, 0.15) is 22.3 Å². The number of nitrogens with zero attached hydrogens (tertiary/aromatic N) is 1. The van der Waals surface area contributed by atoms with E-state index < -0.39 is 60.4 Å². The fourth-order valence-electron chi connectivity index (χ4n) is 6.96. The highest BCUT2D eigenvalue weighted by Gasteiger charge is 2.32. The molecule has 4 heterocycles. The average Bonchev–Trinajstić information content (AvgIpc) is 3.65. The molecule has 4 amide bonds. The molecule has 6 N–H and O–H groups in total. The van der Waals surface area contributed by atoms with Gasteiger partial charge in [0.05, 0.1) is 0 Å². The van der Waals surface area contributed by atoms with Crippen molar-refractivity contribution in [2.75, 3.05) is 6.61 Å². The van der Waals surface area contributed by atoms with Crippen LogP contribution in [0.15, 0.2) is 134 Å². The molecule has 0 unspecified atom stereocenters. The normalized spacial score (nSPS) is 19.4. The number of ether oxygens (including phenoxy) is 1. The molecular formula is C45H42N6O7. The van der Waals surface area contributed by atoms with E-state index in [0.717, 1.165) is 27.6 Å². The van der Waals surface area contributed by atoms with Crippen LogP contribution in [-0.2, 0) is 49.7 Å². The number of carbonyl (C=O) groups is 5. The van der Waals surface area contributed by atoms with Crippen molar-refractivity contribution in [3.05, 3.63) is 156 Å². The summed E-state index contributed by atoms with van der Waals surface area (Å²) >= 11 is 0. The van der Waals surface area contributed by atoms with Crippen molar-refractivity contribution in [3.8, 4) is 16.9 Å². The van der Waals surface area contributed by atoms with Crippen LogP contribution in [0.25, 0.3) is 22.0 Å². The SMILES string of the molecule is O=C1COc2ccc(cc2)C[C@@H](C(=O)O)NC(=O)[C@H](Cc2c[nH]c3ccccc23)NC(=O)[C@@H](Cc2ccc(-c3ccccc3)cc2)NC(=O)[C@H](Cc2ccncc2)N1. The quantitative estimate of drug-likeness (QED) is 0.125. The Labute approximate surface area is 334 Å². The van der Waals surface area contributed by atoms with Crippen molar-refractivity contribution in [2.24, 2.45) is 0 Å². The van der Waals surface area contributed by atoms with Gasteiger partial charge in [-0.05, 0) is 63.7 Å². The highest BCUT2D eigenvalue weighted by Crippen LogP contribution is 2.22. The Morgan fingerprint density at radius 3 is 1.91 bits per heavy atom. The molecule has 58 heavy (non-hydrogen) atoms. The average molecular weight is 779 g/mol. The number of aromatic nitrogens is 2. The standard InChI is InChI=1S/C45H42N6O7/c52-41-27-58-34-16-12-29(13-17-34)24-40(45(56)57)51-44(55)39(25-33-26-47-36-9-5-4-8-35(33)36)50-43(54)38(49-42(53)37(48-41)23-30-18-20-46-21-19-30)22-28-10-14-32(15-11-28)31-6-2-1-3-7-31/h1-21,26,37-40,47H,22-25,27H2,(H,48,52)(H,49,53)(H,50,54)(H,51,55)(H,56,57)/t37-,38+,39-,40-/m0/s1. The summed E-state index contributed by atoms with van der Waals surface area (Å²) in [6.07, 6.45) is 4.95. The number of aliphatic carboxylic acids is 1. The summed E-state index contributed by atoms with van der Waals surface area (Å²) in [6.45, 7) is -0.416. The monoisotopic (exact) mass is 778 g/mol. The molecule has 294 valence electrons. The van der Waals surface area contributed by atoms with Gasteiger partial charge in [0.2, 0.25) is 17.7 Å². The third kappa shape index (κ3) is 9.93. The fourth-order valence-corrected chi connectivity index (χ4v) is 6.96. The van der Waals surface area contributed by atoms with E-state index in [4.69, 9.17) is 4.74 Å². The van der Waals surface area contributed by atoms with E-state index in [1.54, 1.807) is 55.0 Å². The number of hydrogen-bond donors (Lipinski definition) is 6. The van der Waals surface area contributed by atoms with Crippen LogP contribution in [-0.4, -0.2) is 75.4 Å². The van der Waals surface area contributed by atoms with E-state index in [0.29, 0.717) is 22.4 Å². The summed E-state index contributed by atoms with van der Waals surface area (Å²) in [7, 11) is 0. The Morgan fingerprint density at radius 2 is 1.22 bits per heavy atom. The lowest BCUT2D eigenvalue weighted by atomic mass is 9.98. The second kappa shape index (κ2) is 18.1. The molecule has 0 aliphatic carbocycles. The minimum atomic E-state index is -1.35. The maximum absolute atomic E-state index is 14.5. The van der Waals surface area contributed by atoms with Crippen LogP contribution >= 0.6 is 0 Å². The molecule has 2 aliphatic heterocycles. The first-order chi connectivity index (χ1) is 28.2. The van der Waals surface area contributed by atoms with Crippen LogP contribution in [0.3, 0.4) is 0 Å². The van der Waals surface area contributed by atoms with Gasteiger partial charge in [-0.3, -0.25) is 24.2 Å². The summed E-state index contributed by atoms with van der Waals surface area (Å²) in [6, 6.07) is 29.8. The first kappa shape index (κ1) is 39.0. The van der Waals surface area contributed by atoms with Gasteiger partial charge >= 0.3 is 5.97 Å². The predicted octanol–water partition coefficient (Wildman–Crippen LogP) is 3.92. The number of carboxylic acids is 1. The van der Waals surface area contributed by atoms with Crippen molar-refractivity contribution in [3.63, 3.8) is 0 Å². The summed E-state index contributed by atoms with van der Waals surface area (Å²) in [4.78, 5) is 76.0. The number of amides is 4. The van der Waals surface area contributed by atoms with Gasteiger partial charge in [0.15, 0.2) is 6.61 Å². The van der Waals surface area contributed by atoms with Crippen molar-refractivity contribution < 1.29 is 33.8 Å². The number of nitrogens with one attached hydrogen (secondary N) is 5. The van der Waals surface area contributed by atoms with Crippen LogP contribution < -0.4 is 26.0 Å². The van der Waals surface area contributed by atoms with E-state index in [1.165, 1.54) is 0 Å². The summed E-state index contributed by atoms with van der Waals surface area (Å²) in [5, 5.41) is 22.1. The van der Waals surface area contributed by atoms with E-state index >= 15 is 0 Å². The Bertz CT molecular complexity index is 2380. The number of hydrogen-bond acceptors (Lipinski definition) is 7. The highest BCUT2D eigenvalue weighted by molar-refractivity contribution is 5.96. The van der Waals surface area contributed by atoms with Crippen molar-refractivity contribution in [1.29, 1.82) is 0 Å². The van der Waals surface area contributed by atoms with Crippen molar-refractivity contribution >= 4 is 40.5 Å². The number of carboxylic acid groups (broad SMARTS) is 1. The van der Waals surface area contributed by atoms with Crippen molar-refractivity contribution in [2.45, 2.75) is 49.9 Å². The molecule has 13 heteroatoms. The molecule has 6 aromatic rings. The van der Waals surface area contributed by atoms with Gasteiger partial charge in [0, 0.05) is 55.2 Å². The van der Waals surface area contributed by atoms with Gasteiger partial charge in [-0.25, -0.2) is 4.79 Å². The number of rotatable bonds is 8. The van der Waals surface area contributed by atoms with Crippen LogP contribution in [0, 0.1) is 0 Å². The first-order valence-electron chi connectivity index (χ1n) is 18.9. The number of pyridine rings is 1. The summed E-state index contributed by atoms with van der Waals surface area (Å²) in [5.41, 5.74) is 5.52. The number of fused-ring (bicyclic) bond motifs is 17. The summed E-state index contributed by atoms with van der Waals surface area (Å²) < 4.78 is 5.71. The molecule has 2 aliphatic rings. The molecule has 2 bridgehead atoms. The number of H-pyrrole nitrogens is 1. The lowest BCUT2D eigenvalue weighted by molar-refractivity contribution is -0.142. The minimum absolute atomic E-state index is 0.00707. The van der Waals surface area contributed by atoms with Gasteiger partial charge in [-0.1, -0.05) is 84.9 Å². The molecule has 0 saturated carbocycles. The van der Waals surface area contributed by atoms with Crippen molar-refractivity contribution in [1.82, 2.24) is 31.2 Å². The second-order valence-electron chi connectivity index (χ2n) is 14.2. The highest BCUT2D eigenvalue weighted by atomic mass is 16.5. The largest absolute Gasteiger partial charge is 0.484 e. The third-order valence-corrected chi connectivity index (χ3v) is 10.1. The first-order valence-corrected chi connectivity index (χ1v) is 18.9. The van der Waals surface area contributed by atoms with Gasteiger partial charge in [0.1, 0.15) is 29.9 Å². The smallest absolute Gasteiger partial charge is 0.326 e. The molecule has 0 radical (unpaired) electrons. The Hall–Kier alpha value is -7.28. The zero-order valence-corrected chi connectivity index (χ0v) is 31.4. The number of para-hydroxylation sites is 1. The van der Waals surface area contributed by atoms with Gasteiger partial charge in [-0.15, -0.1) is 0 Å². The zero-order chi connectivity index (χ0) is 40.4. The number of carbonyl (C=O) groups excluding carboxylic acids is 4. The van der Waals surface area contributed by atoms with E-state index in [1.807, 2.05) is 78.9 Å². The van der Waals surface area contributed by atoms with E-state index in [2.05, 4.69) is 31.2 Å². The molecule has 0 saturated heterocycles.